The molecule has 0 aliphatic carbocycles. The molecule has 110 valence electrons. The molecule has 2 amide bonds. The van der Waals surface area contributed by atoms with E-state index < -0.39 is 0 Å². The highest BCUT2D eigenvalue weighted by atomic mass is 79.9. The Morgan fingerprint density at radius 1 is 1.20 bits per heavy atom. The SMILES string of the molecule is CC(C)(C)NC(=O)CCNC(=O)c1ccc(Br)cc1Br. The van der Waals surface area contributed by atoms with Crippen molar-refractivity contribution in [3.8, 4) is 0 Å². The lowest BCUT2D eigenvalue weighted by molar-refractivity contribution is -0.122. The molecule has 0 aromatic heterocycles. The quantitative estimate of drug-likeness (QED) is 0.807. The second kappa shape index (κ2) is 7.22. The number of nitrogens with one attached hydrogen (secondary N) is 2. The molecule has 1 aromatic rings. The first-order valence-electron chi connectivity index (χ1n) is 6.23. The van der Waals surface area contributed by atoms with Crippen LogP contribution in [0, 0.1) is 0 Å². The molecule has 0 radical (unpaired) electrons. The Hall–Kier alpha value is -0.880. The molecule has 0 atom stereocenters. The monoisotopic (exact) mass is 404 g/mol. The van der Waals surface area contributed by atoms with E-state index in [-0.39, 0.29) is 23.8 Å². The van der Waals surface area contributed by atoms with Gasteiger partial charge in [-0.05, 0) is 54.9 Å². The van der Waals surface area contributed by atoms with Crippen molar-refractivity contribution < 1.29 is 9.59 Å². The minimum absolute atomic E-state index is 0.0762. The smallest absolute Gasteiger partial charge is 0.252 e. The van der Waals surface area contributed by atoms with Gasteiger partial charge in [0, 0.05) is 27.4 Å². The lowest BCUT2D eigenvalue weighted by Crippen LogP contribution is -2.42. The lowest BCUT2D eigenvalue weighted by Gasteiger charge is -2.20. The first-order chi connectivity index (χ1) is 9.19. The van der Waals surface area contributed by atoms with Crippen molar-refractivity contribution in [3.05, 3.63) is 32.7 Å². The molecule has 0 aliphatic heterocycles. The fourth-order valence-electron chi connectivity index (χ4n) is 1.54. The van der Waals surface area contributed by atoms with Gasteiger partial charge in [0.05, 0.1) is 5.56 Å². The van der Waals surface area contributed by atoms with Crippen LogP contribution < -0.4 is 10.6 Å². The van der Waals surface area contributed by atoms with E-state index in [0.717, 1.165) is 4.47 Å². The minimum Gasteiger partial charge on any atom is -0.351 e. The third-order valence-electron chi connectivity index (χ3n) is 2.33. The number of carbonyl (C=O) groups excluding carboxylic acids is 2. The minimum atomic E-state index is -0.254. The van der Waals surface area contributed by atoms with Gasteiger partial charge in [0.25, 0.3) is 5.91 Å². The van der Waals surface area contributed by atoms with Crippen molar-refractivity contribution in [2.45, 2.75) is 32.7 Å². The Labute approximate surface area is 136 Å². The van der Waals surface area contributed by atoms with E-state index in [9.17, 15) is 9.59 Å². The molecule has 0 bridgehead atoms. The van der Waals surface area contributed by atoms with Crippen LogP contribution >= 0.6 is 31.9 Å². The fraction of sp³-hybridized carbons (Fsp3) is 0.429. The van der Waals surface area contributed by atoms with E-state index in [1.165, 1.54) is 0 Å². The van der Waals surface area contributed by atoms with Gasteiger partial charge in [0.15, 0.2) is 0 Å². The maximum Gasteiger partial charge on any atom is 0.252 e. The topological polar surface area (TPSA) is 58.2 Å². The standard InChI is InChI=1S/C14H18Br2N2O2/c1-14(2,3)18-12(19)6-7-17-13(20)10-5-4-9(15)8-11(10)16/h4-5,8H,6-7H2,1-3H3,(H,17,20)(H,18,19). The lowest BCUT2D eigenvalue weighted by atomic mass is 10.1. The molecule has 0 spiro atoms. The van der Waals surface area contributed by atoms with Crippen LogP contribution in [-0.2, 0) is 4.79 Å². The van der Waals surface area contributed by atoms with Gasteiger partial charge in [-0.25, -0.2) is 0 Å². The summed E-state index contributed by atoms with van der Waals surface area (Å²) >= 11 is 6.67. The molecule has 6 heteroatoms. The number of rotatable bonds is 4. The number of hydrogen-bond acceptors (Lipinski definition) is 2. The molecular weight excluding hydrogens is 388 g/mol. The van der Waals surface area contributed by atoms with Crippen molar-refractivity contribution in [1.82, 2.24) is 10.6 Å². The highest BCUT2D eigenvalue weighted by molar-refractivity contribution is 9.11. The Balaban J connectivity index is 2.46. The first-order valence-corrected chi connectivity index (χ1v) is 7.82. The molecule has 1 rings (SSSR count). The summed E-state index contributed by atoms with van der Waals surface area (Å²) in [4.78, 5) is 23.6. The summed E-state index contributed by atoms with van der Waals surface area (Å²) in [6, 6.07) is 5.33. The molecule has 0 fully saturated rings. The largest absolute Gasteiger partial charge is 0.351 e. The molecule has 0 heterocycles. The van der Waals surface area contributed by atoms with Crippen molar-refractivity contribution in [3.63, 3.8) is 0 Å². The van der Waals surface area contributed by atoms with Gasteiger partial charge in [-0.3, -0.25) is 9.59 Å². The summed E-state index contributed by atoms with van der Waals surface area (Å²) in [5.41, 5.74) is 0.292. The molecule has 0 saturated heterocycles. The summed E-state index contributed by atoms with van der Waals surface area (Å²) in [6.07, 6.45) is 0.261. The number of amides is 2. The first kappa shape index (κ1) is 17.2. The fourth-order valence-corrected chi connectivity index (χ4v) is 2.77. The molecule has 0 unspecified atom stereocenters. The third kappa shape index (κ3) is 6.05. The van der Waals surface area contributed by atoms with E-state index in [2.05, 4.69) is 42.5 Å². The van der Waals surface area contributed by atoms with Gasteiger partial charge in [0.2, 0.25) is 5.91 Å². The van der Waals surface area contributed by atoms with E-state index in [0.29, 0.717) is 16.6 Å². The molecule has 20 heavy (non-hydrogen) atoms. The maximum atomic E-state index is 12.0. The van der Waals surface area contributed by atoms with Crippen LogP contribution in [0.2, 0.25) is 0 Å². The zero-order valence-electron chi connectivity index (χ0n) is 11.7. The predicted molar refractivity (Wildman–Crippen MR) is 86.7 cm³/mol. The van der Waals surface area contributed by atoms with Gasteiger partial charge in [-0.15, -0.1) is 0 Å². The Bertz CT molecular complexity index is 510. The normalized spacial score (nSPS) is 11.1. The Morgan fingerprint density at radius 2 is 1.85 bits per heavy atom. The van der Waals surface area contributed by atoms with Crippen molar-refractivity contribution in [2.24, 2.45) is 0 Å². The number of halogens is 2. The molecule has 2 N–H and O–H groups in total. The van der Waals surface area contributed by atoms with Crippen molar-refractivity contribution in [2.75, 3.05) is 6.54 Å². The molecule has 0 saturated carbocycles. The zero-order chi connectivity index (χ0) is 15.3. The summed E-state index contributed by atoms with van der Waals surface area (Å²) in [7, 11) is 0. The Morgan fingerprint density at radius 3 is 2.40 bits per heavy atom. The van der Waals surface area contributed by atoms with Crippen LogP contribution in [0.1, 0.15) is 37.6 Å². The van der Waals surface area contributed by atoms with Gasteiger partial charge in [-0.1, -0.05) is 15.9 Å². The van der Waals surface area contributed by atoms with Gasteiger partial charge in [0.1, 0.15) is 0 Å². The van der Waals surface area contributed by atoms with Crippen molar-refractivity contribution >= 4 is 43.7 Å². The summed E-state index contributed by atoms with van der Waals surface area (Å²) in [5, 5.41) is 5.58. The second-order valence-corrected chi connectivity index (χ2v) is 7.20. The average Bonchev–Trinajstić information content (AvgIpc) is 2.25. The predicted octanol–water partition coefficient (Wildman–Crippen LogP) is 3.25. The second-order valence-electron chi connectivity index (χ2n) is 5.43. The molecular formula is C14H18Br2N2O2. The van der Waals surface area contributed by atoms with Crippen LogP contribution in [0.4, 0.5) is 0 Å². The number of benzene rings is 1. The van der Waals surface area contributed by atoms with Crippen LogP contribution in [0.15, 0.2) is 27.1 Å². The van der Waals surface area contributed by atoms with E-state index >= 15 is 0 Å². The van der Waals surface area contributed by atoms with Gasteiger partial charge >= 0.3 is 0 Å². The highest BCUT2D eigenvalue weighted by Gasteiger charge is 2.14. The zero-order valence-corrected chi connectivity index (χ0v) is 14.9. The van der Waals surface area contributed by atoms with E-state index in [1.54, 1.807) is 18.2 Å². The van der Waals surface area contributed by atoms with Crippen LogP contribution in [0.25, 0.3) is 0 Å². The maximum absolute atomic E-state index is 12.0. The van der Waals surface area contributed by atoms with Crippen LogP contribution in [-0.4, -0.2) is 23.9 Å². The third-order valence-corrected chi connectivity index (χ3v) is 3.48. The van der Waals surface area contributed by atoms with Crippen molar-refractivity contribution in [1.29, 1.82) is 0 Å². The van der Waals surface area contributed by atoms with Gasteiger partial charge in [-0.2, -0.15) is 0 Å². The highest BCUT2D eigenvalue weighted by Crippen LogP contribution is 2.21. The average molecular weight is 406 g/mol. The van der Waals surface area contributed by atoms with E-state index in [4.69, 9.17) is 0 Å². The molecule has 0 aliphatic rings. The molecule has 4 nitrogen and oxygen atoms in total. The molecule has 1 aromatic carbocycles. The van der Waals surface area contributed by atoms with Crippen LogP contribution in [0.3, 0.4) is 0 Å². The van der Waals surface area contributed by atoms with Gasteiger partial charge < -0.3 is 10.6 Å². The Kier molecular flexibility index (Phi) is 6.20. The summed E-state index contributed by atoms with van der Waals surface area (Å²) in [6.45, 7) is 6.07. The van der Waals surface area contributed by atoms with E-state index in [1.807, 2.05) is 20.8 Å². The van der Waals surface area contributed by atoms with Crippen LogP contribution in [0.5, 0.6) is 0 Å². The number of hydrogen-bond donors (Lipinski definition) is 2. The number of carbonyl (C=O) groups is 2. The summed E-state index contributed by atoms with van der Waals surface area (Å²) in [5.74, 6) is -0.277. The summed E-state index contributed by atoms with van der Waals surface area (Å²) < 4.78 is 1.61.